The summed E-state index contributed by atoms with van der Waals surface area (Å²) in [6.45, 7) is 2.45. The van der Waals surface area contributed by atoms with Crippen molar-refractivity contribution in [3.63, 3.8) is 0 Å². The lowest BCUT2D eigenvalue weighted by molar-refractivity contribution is 0.281. The van der Waals surface area contributed by atoms with E-state index in [1.54, 1.807) is 5.56 Å². The van der Waals surface area contributed by atoms with Gasteiger partial charge < -0.3 is 5.32 Å². The number of nitrogens with one attached hydrogen (secondary N) is 1. The number of hydrogen-bond acceptors (Lipinski definition) is 1. The van der Waals surface area contributed by atoms with Gasteiger partial charge in [0.15, 0.2) is 0 Å². The molecule has 1 N–H and O–H groups in total. The minimum atomic E-state index is 0.743. The van der Waals surface area contributed by atoms with E-state index in [-0.39, 0.29) is 0 Å². The van der Waals surface area contributed by atoms with E-state index in [9.17, 15) is 0 Å². The Hall–Kier alpha value is -0.820. The van der Waals surface area contributed by atoms with Gasteiger partial charge in [-0.3, -0.25) is 0 Å². The second kappa shape index (κ2) is 5.05. The molecule has 18 heavy (non-hydrogen) atoms. The highest BCUT2D eigenvalue weighted by atomic mass is 14.9. The number of benzene rings is 1. The molecule has 3 rings (SSSR count). The summed E-state index contributed by atoms with van der Waals surface area (Å²) < 4.78 is 0. The minimum Gasteiger partial charge on any atom is -0.316 e. The molecule has 2 fully saturated rings. The fourth-order valence-corrected chi connectivity index (χ4v) is 4.15. The molecule has 1 aromatic rings. The Kier molecular flexibility index (Phi) is 3.43. The molecule has 1 heteroatoms. The summed E-state index contributed by atoms with van der Waals surface area (Å²) in [5, 5.41) is 3.64. The van der Waals surface area contributed by atoms with Gasteiger partial charge in [0.1, 0.15) is 0 Å². The molecule has 5 atom stereocenters. The smallest absolute Gasteiger partial charge is 0.0129 e. The maximum absolute atomic E-state index is 3.64. The Labute approximate surface area is 111 Å². The van der Waals surface area contributed by atoms with Crippen molar-refractivity contribution in [2.75, 3.05) is 7.05 Å². The zero-order chi connectivity index (χ0) is 12.5. The summed E-state index contributed by atoms with van der Waals surface area (Å²) in [5.41, 5.74) is 1.55. The summed E-state index contributed by atoms with van der Waals surface area (Å²) in [6.07, 6.45) is 5.70. The summed E-state index contributed by atoms with van der Waals surface area (Å²) in [4.78, 5) is 0. The van der Waals surface area contributed by atoms with Gasteiger partial charge in [-0.15, -0.1) is 0 Å². The molecule has 98 valence electrons. The van der Waals surface area contributed by atoms with E-state index in [1.165, 1.54) is 25.7 Å². The molecule has 0 amide bonds. The van der Waals surface area contributed by atoms with E-state index >= 15 is 0 Å². The first-order chi connectivity index (χ1) is 8.81. The third-order valence-corrected chi connectivity index (χ3v) is 5.25. The van der Waals surface area contributed by atoms with Gasteiger partial charge in [-0.2, -0.15) is 0 Å². The molecular formula is C17H25N. The first-order valence-corrected chi connectivity index (χ1v) is 7.53. The van der Waals surface area contributed by atoms with E-state index in [1.807, 2.05) is 0 Å². The van der Waals surface area contributed by atoms with E-state index in [0.29, 0.717) is 0 Å². The number of hydrogen-bond donors (Lipinski definition) is 1. The van der Waals surface area contributed by atoms with Crippen molar-refractivity contribution < 1.29 is 0 Å². The van der Waals surface area contributed by atoms with Gasteiger partial charge in [0.2, 0.25) is 0 Å². The molecule has 2 saturated carbocycles. The molecular weight excluding hydrogens is 218 g/mol. The van der Waals surface area contributed by atoms with Crippen molar-refractivity contribution >= 4 is 0 Å². The van der Waals surface area contributed by atoms with Crippen molar-refractivity contribution in [3.05, 3.63) is 35.9 Å². The van der Waals surface area contributed by atoms with Crippen LogP contribution in [-0.4, -0.2) is 13.1 Å². The topological polar surface area (TPSA) is 12.0 Å². The van der Waals surface area contributed by atoms with Crippen molar-refractivity contribution in [3.8, 4) is 0 Å². The van der Waals surface area contributed by atoms with Crippen molar-refractivity contribution in [2.45, 2.75) is 44.6 Å². The summed E-state index contributed by atoms with van der Waals surface area (Å²) in [5.74, 6) is 3.52. The van der Waals surface area contributed by atoms with Gasteiger partial charge in [0.25, 0.3) is 0 Å². The van der Waals surface area contributed by atoms with Crippen LogP contribution in [0, 0.1) is 17.8 Å². The van der Waals surface area contributed by atoms with Crippen LogP contribution in [0.2, 0.25) is 0 Å². The van der Waals surface area contributed by atoms with Crippen LogP contribution in [-0.2, 0) is 0 Å². The van der Waals surface area contributed by atoms with Gasteiger partial charge in [-0.1, -0.05) is 50.1 Å². The first kappa shape index (κ1) is 12.2. The minimum absolute atomic E-state index is 0.743. The highest BCUT2D eigenvalue weighted by molar-refractivity contribution is 5.27. The molecule has 0 aliphatic heterocycles. The third kappa shape index (κ3) is 2.21. The Balaban J connectivity index is 1.68. The lowest BCUT2D eigenvalue weighted by Crippen LogP contribution is -2.37. The van der Waals surface area contributed by atoms with Gasteiger partial charge in [0, 0.05) is 6.04 Å². The molecule has 2 aliphatic rings. The van der Waals surface area contributed by atoms with Crippen molar-refractivity contribution in [1.82, 2.24) is 5.32 Å². The Morgan fingerprint density at radius 3 is 2.50 bits per heavy atom. The zero-order valence-corrected chi connectivity index (χ0v) is 11.6. The van der Waals surface area contributed by atoms with Crippen LogP contribution in [0.5, 0.6) is 0 Å². The lowest BCUT2D eigenvalue weighted by Gasteiger charge is -2.27. The molecule has 1 aromatic carbocycles. The lowest BCUT2D eigenvalue weighted by atomic mass is 9.86. The van der Waals surface area contributed by atoms with Crippen LogP contribution >= 0.6 is 0 Å². The molecule has 5 unspecified atom stereocenters. The van der Waals surface area contributed by atoms with Crippen LogP contribution in [0.4, 0.5) is 0 Å². The maximum atomic E-state index is 3.64. The molecule has 0 aromatic heterocycles. The van der Waals surface area contributed by atoms with E-state index in [2.05, 4.69) is 49.6 Å². The van der Waals surface area contributed by atoms with E-state index < -0.39 is 0 Å². The second-order valence-electron chi connectivity index (χ2n) is 6.30. The fraction of sp³-hybridized carbons (Fsp3) is 0.647. The highest BCUT2D eigenvalue weighted by Gasteiger charge is 2.47. The largest absolute Gasteiger partial charge is 0.316 e. The normalized spacial score (nSPS) is 36.6. The monoisotopic (exact) mass is 243 g/mol. The van der Waals surface area contributed by atoms with Crippen LogP contribution < -0.4 is 5.32 Å². The van der Waals surface area contributed by atoms with Crippen molar-refractivity contribution in [1.29, 1.82) is 0 Å². The molecule has 0 radical (unpaired) electrons. The summed E-state index contributed by atoms with van der Waals surface area (Å²) >= 11 is 0. The maximum Gasteiger partial charge on any atom is 0.0129 e. The van der Waals surface area contributed by atoms with E-state index in [4.69, 9.17) is 0 Å². The van der Waals surface area contributed by atoms with Crippen LogP contribution in [0.1, 0.15) is 44.1 Å². The average molecular weight is 243 g/mol. The predicted molar refractivity (Wildman–Crippen MR) is 76.6 cm³/mol. The Bertz CT molecular complexity index is 386. The first-order valence-electron chi connectivity index (χ1n) is 7.53. The third-order valence-electron chi connectivity index (χ3n) is 5.25. The molecule has 2 aliphatic carbocycles. The Morgan fingerprint density at radius 2 is 1.89 bits per heavy atom. The second-order valence-corrected chi connectivity index (χ2v) is 6.30. The highest BCUT2D eigenvalue weighted by Crippen LogP contribution is 2.53. The zero-order valence-electron chi connectivity index (χ0n) is 11.6. The standard InChI is InChI=1S/C17H25N/c1-12-7-6-10-14(12)17(18-2)16-11-15(16)13-8-4-3-5-9-13/h3-5,8-9,12,14-18H,6-7,10-11H2,1-2H3. The van der Waals surface area contributed by atoms with Crippen LogP contribution in [0.25, 0.3) is 0 Å². The summed E-state index contributed by atoms with van der Waals surface area (Å²) in [6, 6.07) is 11.8. The fourth-order valence-electron chi connectivity index (χ4n) is 4.15. The Morgan fingerprint density at radius 1 is 1.11 bits per heavy atom. The summed E-state index contributed by atoms with van der Waals surface area (Å²) in [7, 11) is 2.16. The van der Waals surface area contributed by atoms with E-state index in [0.717, 1.165) is 29.7 Å². The number of rotatable bonds is 4. The van der Waals surface area contributed by atoms with Gasteiger partial charge >= 0.3 is 0 Å². The van der Waals surface area contributed by atoms with Crippen molar-refractivity contribution in [2.24, 2.45) is 17.8 Å². The predicted octanol–water partition coefficient (Wildman–Crippen LogP) is 3.81. The molecule has 0 spiro atoms. The molecule has 0 saturated heterocycles. The van der Waals surface area contributed by atoms with Crippen LogP contribution in [0.15, 0.2) is 30.3 Å². The molecule has 0 heterocycles. The van der Waals surface area contributed by atoms with Gasteiger partial charge in [-0.05, 0) is 49.1 Å². The van der Waals surface area contributed by atoms with Gasteiger partial charge in [0.05, 0.1) is 0 Å². The molecule has 0 bridgehead atoms. The SMILES string of the molecule is CNC(C1CCCC1C)C1CC1c1ccccc1. The quantitative estimate of drug-likeness (QED) is 0.848. The molecule has 1 nitrogen and oxygen atoms in total. The van der Waals surface area contributed by atoms with Gasteiger partial charge in [-0.25, -0.2) is 0 Å². The average Bonchev–Trinajstić information content (AvgIpc) is 3.08. The van der Waals surface area contributed by atoms with Crippen LogP contribution in [0.3, 0.4) is 0 Å².